The molecule has 1 aliphatic heterocycles. The zero-order valence-corrected chi connectivity index (χ0v) is 13.7. The van der Waals surface area contributed by atoms with E-state index in [4.69, 9.17) is 0 Å². The molecule has 1 saturated heterocycles. The van der Waals surface area contributed by atoms with Crippen molar-refractivity contribution in [2.24, 2.45) is 11.3 Å². The summed E-state index contributed by atoms with van der Waals surface area (Å²) in [5, 5.41) is 11.1. The van der Waals surface area contributed by atoms with E-state index in [-0.39, 0.29) is 17.5 Å². The SMILES string of the molecule is CC(C)(CNC(=O)N1CCCC(n2ccnn2)C1)C1CCC1. The Bertz CT molecular complexity index is 495. The Balaban J connectivity index is 1.51. The maximum atomic E-state index is 12.5. The van der Waals surface area contributed by atoms with Crippen LogP contribution in [0.1, 0.15) is 52.0 Å². The summed E-state index contributed by atoms with van der Waals surface area (Å²) in [5.41, 5.74) is 0.203. The molecule has 1 N–H and O–H groups in total. The largest absolute Gasteiger partial charge is 0.337 e. The fourth-order valence-corrected chi connectivity index (χ4v) is 3.52. The highest BCUT2D eigenvalue weighted by Gasteiger charge is 2.34. The van der Waals surface area contributed by atoms with Crippen molar-refractivity contribution >= 4 is 6.03 Å². The van der Waals surface area contributed by atoms with E-state index in [1.807, 2.05) is 15.8 Å². The summed E-state index contributed by atoms with van der Waals surface area (Å²) in [6, 6.07) is 0.318. The molecule has 1 saturated carbocycles. The van der Waals surface area contributed by atoms with Gasteiger partial charge in [0, 0.05) is 25.8 Å². The third-order valence-corrected chi connectivity index (χ3v) is 5.40. The van der Waals surface area contributed by atoms with Gasteiger partial charge in [-0.3, -0.25) is 0 Å². The standard InChI is InChI=1S/C16H27N5O/c1-16(2,13-5-3-6-13)12-17-15(22)20-9-4-7-14(11-20)21-10-8-18-19-21/h8,10,13-14H,3-7,9,11-12H2,1-2H3,(H,17,22). The van der Waals surface area contributed by atoms with Crippen LogP contribution in [0.5, 0.6) is 0 Å². The van der Waals surface area contributed by atoms with Crippen LogP contribution in [-0.4, -0.2) is 45.6 Å². The van der Waals surface area contributed by atoms with Crippen LogP contribution in [0.4, 0.5) is 4.79 Å². The minimum Gasteiger partial charge on any atom is -0.337 e. The van der Waals surface area contributed by atoms with Crippen LogP contribution < -0.4 is 5.32 Å². The molecule has 1 aromatic heterocycles. The van der Waals surface area contributed by atoms with Crippen molar-refractivity contribution in [3.8, 4) is 0 Å². The molecular weight excluding hydrogens is 278 g/mol. The monoisotopic (exact) mass is 305 g/mol. The lowest BCUT2D eigenvalue weighted by Crippen LogP contribution is -2.49. The predicted octanol–water partition coefficient (Wildman–Crippen LogP) is 2.45. The molecule has 2 amide bonds. The fraction of sp³-hybridized carbons (Fsp3) is 0.812. The van der Waals surface area contributed by atoms with E-state index in [1.165, 1.54) is 19.3 Å². The Morgan fingerprint density at radius 3 is 2.77 bits per heavy atom. The maximum Gasteiger partial charge on any atom is 0.317 e. The summed E-state index contributed by atoms with van der Waals surface area (Å²) in [7, 11) is 0. The highest BCUT2D eigenvalue weighted by Crippen LogP contribution is 2.41. The molecule has 0 radical (unpaired) electrons. The van der Waals surface area contributed by atoms with Gasteiger partial charge in [0.05, 0.1) is 12.2 Å². The summed E-state index contributed by atoms with van der Waals surface area (Å²) >= 11 is 0. The van der Waals surface area contributed by atoms with Gasteiger partial charge in [0.2, 0.25) is 0 Å². The number of carbonyl (C=O) groups excluding carboxylic acids is 1. The number of aromatic nitrogens is 3. The Labute approximate surface area is 132 Å². The first-order chi connectivity index (χ1) is 10.6. The first-order valence-electron chi connectivity index (χ1n) is 8.45. The molecule has 1 aromatic rings. The topological polar surface area (TPSA) is 63.1 Å². The molecule has 0 bridgehead atoms. The number of nitrogens with one attached hydrogen (secondary N) is 1. The number of hydrogen-bond acceptors (Lipinski definition) is 3. The lowest BCUT2D eigenvalue weighted by molar-refractivity contribution is 0.113. The van der Waals surface area contributed by atoms with Gasteiger partial charge >= 0.3 is 6.03 Å². The Morgan fingerprint density at radius 1 is 1.32 bits per heavy atom. The number of likely N-dealkylation sites (tertiary alicyclic amines) is 1. The van der Waals surface area contributed by atoms with Crippen LogP contribution in [0.2, 0.25) is 0 Å². The van der Waals surface area contributed by atoms with Gasteiger partial charge in [-0.15, -0.1) is 5.10 Å². The molecule has 2 aliphatic rings. The van der Waals surface area contributed by atoms with Gasteiger partial charge in [0.1, 0.15) is 0 Å². The molecule has 6 nitrogen and oxygen atoms in total. The molecule has 6 heteroatoms. The average molecular weight is 305 g/mol. The number of urea groups is 1. The van der Waals surface area contributed by atoms with Gasteiger partial charge in [-0.2, -0.15) is 0 Å². The number of hydrogen-bond donors (Lipinski definition) is 1. The van der Waals surface area contributed by atoms with Crippen LogP contribution in [0.15, 0.2) is 12.4 Å². The third kappa shape index (κ3) is 3.25. The number of nitrogens with zero attached hydrogens (tertiary/aromatic N) is 4. The Kier molecular flexibility index (Phi) is 4.36. The van der Waals surface area contributed by atoms with E-state index in [1.54, 1.807) is 6.20 Å². The molecule has 0 spiro atoms. The van der Waals surface area contributed by atoms with E-state index >= 15 is 0 Å². The predicted molar refractivity (Wildman–Crippen MR) is 84.4 cm³/mol. The summed E-state index contributed by atoms with van der Waals surface area (Å²) in [6.45, 7) is 6.86. The van der Waals surface area contributed by atoms with Gasteiger partial charge in [-0.05, 0) is 37.0 Å². The van der Waals surface area contributed by atoms with Crippen molar-refractivity contribution in [1.82, 2.24) is 25.2 Å². The first-order valence-corrected chi connectivity index (χ1v) is 8.45. The lowest BCUT2D eigenvalue weighted by atomic mass is 9.67. The summed E-state index contributed by atoms with van der Waals surface area (Å²) in [5.74, 6) is 0.761. The van der Waals surface area contributed by atoms with Crippen LogP contribution in [-0.2, 0) is 0 Å². The van der Waals surface area contributed by atoms with Crippen molar-refractivity contribution in [1.29, 1.82) is 0 Å². The van der Waals surface area contributed by atoms with Crippen molar-refractivity contribution in [3.63, 3.8) is 0 Å². The molecular formula is C16H27N5O. The van der Waals surface area contributed by atoms with Crippen LogP contribution in [0, 0.1) is 11.3 Å². The highest BCUT2D eigenvalue weighted by molar-refractivity contribution is 5.74. The van der Waals surface area contributed by atoms with E-state index in [0.29, 0.717) is 0 Å². The highest BCUT2D eigenvalue weighted by atomic mass is 16.2. The molecule has 22 heavy (non-hydrogen) atoms. The zero-order valence-electron chi connectivity index (χ0n) is 13.7. The van der Waals surface area contributed by atoms with E-state index in [2.05, 4.69) is 29.5 Å². The Morgan fingerprint density at radius 2 is 2.14 bits per heavy atom. The second kappa shape index (κ2) is 6.26. The van der Waals surface area contributed by atoms with E-state index in [9.17, 15) is 4.79 Å². The van der Waals surface area contributed by atoms with Crippen molar-refractivity contribution in [2.75, 3.05) is 19.6 Å². The fourth-order valence-electron chi connectivity index (χ4n) is 3.52. The molecule has 122 valence electrons. The van der Waals surface area contributed by atoms with Gasteiger partial charge in [-0.25, -0.2) is 9.48 Å². The number of amides is 2. The van der Waals surface area contributed by atoms with Crippen LogP contribution in [0.3, 0.4) is 0 Å². The smallest absolute Gasteiger partial charge is 0.317 e. The summed E-state index contributed by atoms with van der Waals surface area (Å²) in [6.07, 6.45) is 9.60. The second-order valence-corrected chi connectivity index (χ2v) is 7.40. The third-order valence-electron chi connectivity index (χ3n) is 5.40. The van der Waals surface area contributed by atoms with Crippen molar-refractivity contribution in [3.05, 3.63) is 12.4 Å². The lowest BCUT2D eigenvalue weighted by Gasteiger charge is -2.41. The number of carbonyl (C=O) groups is 1. The molecule has 2 fully saturated rings. The molecule has 1 atom stereocenters. The van der Waals surface area contributed by atoms with E-state index < -0.39 is 0 Å². The second-order valence-electron chi connectivity index (χ2n) is 7.40. The van der Waals surface area contributed by atoms with Gasteiger partial charge in [0.15, 0.2) is 0 Å². The van der Waals surface area contributed by atoms with Gasteiger partial charge in [-0.1, -0.05) is 25.5 Å². The number of rotatable bonds is 4. The minimum absolute atomic E-state index is 0.0669. The maximum absolute atomic E-state index is 12.5. The zero-order chi connectivity index (χ0) is 15.6. The summed E-state index contributed by atoms with van der Waals surface area (Å²) in [4.78, 5) is 14.4. The molecule has 1 aliphatic carbocycles. The average Bonchev–Trinajstić information content (AvgIpc) is 2.97. The Hall–Kier alpha value is -1.59. The van der Waals surface area contributed by atoms with E-state index in [0.717, 1.165) is 38.4 Å². The van der Waals surface area contributed by atoms with Crippen LogP contribution >= 0.6 is 0 Å². The first kappa shape index (κ1) is 15.3. The molecule has 3 rings (SSSR count). The molecule has 2 heterocycles. The van der Waals surface area contributed by atoms with Gasteiger partial charge < -0.3 is 10.2 Å². The van der Waals surface area contributed by atoms with Crippen molar-refractivity contribution in [2.45, 2.75) is 52.0 Å². The number of piperidine rings is 1. The van der Waals surface area contributed by atoms with Crippen molar-refractivity contribution < 1.29 is 4.79 Å². The van der Waals surface area contributed by atoms with Gasteiger partial charge in [0.25, 0.3) is 0 Å². The molecule has 0 aromatic carbocycles. The molecule has 1 unspecified atom stereocenters. The normalized spacial score (nSPS) is 23.2. The summed E-state index contributed by atoms with van der Waals surface area (Å²) < 4.78 is 1.87. The minimum atomic E-state index is 0.0669. The van der Waals surface area contributed by atoms with Crippen LogP contribution in [0.25, 0.3) is 0 Å². The quantitative estimate of drug-likeness (QED) is 0.929.